The van der Waals surface area contributed by atoms with Crippen molar-refractivity contribution in [2.45, 2.75) is 71.1 Å². The molecule has 0 spiro atoms. The van der Waals surface area contributed by atoms with E-state index in [1.807, 2.05) is 31.3 Å². The number of thiophene rings is 1. The Morgan fingerprint density at radius 2 is 1.73 bits per heavy atom. The van der Waals surface area contributed by atoms with Crippen molar-refractivity contribution >= 4 is 52.3 Å². The highest BCUT2D eigenvalue weighted by Gasteiger charge is 2.46. The number of aromatic nitrogens is 4. The van der Waals surface area contributed by atoms with Crippen molar-refractivity contribution in [2.75, 3.05) is 32.0 Å². The number of hydrogen-bond donors (Lipinski definition) is 2. The lowest BCUT2D eigenvalue weighted by Gasteiger charge is -2.32. The SMILES string of the molecule is Cc1c(C#Cc2ccc(CN3CCC(CNc4cccc5c4C(=O)N(C4CCC(=O)NC4=O)C5=O)CC3)cn2)sc2c1C(c1ccc(Cl)cc1)N(C)[C@@H](C)c1nnc(C)n1-2. The van der Waals surface area contributed by atoms with Gasteiger partial charge >= 0.3 is 0 Å². The molecule has 3 atom stereocenters. The third-order valence-corrected chi connectivity index (χ3v) is 13.8. The van der Waals surface area contributed by atoms with Gasteiger partial charge in [0.2, 0.25) is 11.8 Å². The number of halogens is 1. The van der Waals surface area contributed by atoms with E-state index in [2.05, 4.69) is 86.1 Å². The summed E-state index contributed by atoms with van der Waals surface area (Å²) in [5.41, 5.74) is 6.46. The molecule has 4 aliphatic heterocycles. The predicted octanol–water partition coefficient (Wildman–Crippen LogP) is 6.21. The molecule has 4 amide bonds. The highest BCUT2D eigenvalue weighted by Crippen LogP contribution is 2.46. The van der Waals surface area contributed by atoms with Gasteiger partial charge in [0.05, 0.1) is 28.1 Å². The molecule has 4 aliphatic rings. The molecule has 5 aromatic rings. The second kappa shape index (κ2) is 16.0. The van der Waals surface area contributed by atoms with Crippen LogP contribution in [-0.4, -0.2) is 90.8 Å². The molecule has 2 fully saturated rings. The van der Waals surface area contributed by atoms with Crippen LogP contribution in [-0.2, 0) is 16.1 Å². The number of anilines is 1. The number of pyridine rings is 1. The molecular formula is C45H44ClN9O4S. The van der Waals surface area contributed by atoms with Crippen LogP contribution < -0.4 is 10.6 Å². The number of carbonyl (C=O) groups is 4. The van der Waals surface area contributed by atoms with Crippen LogP contribution in [0.1, 0.15) is 110 Å². The van der Waals surface area contributed by atoms with E-state index in [1.165, 1.54) is 5.56 Å². The van der Waals surface area contributed by atoms with Crippen LogP contribution in [0, 0.1) is 31.6 Å². The summed E-state index contributed by atoms with van der Waals surface area (Å²) in [6.07, 6.45) is 4.07. The number of rotatable bonds is 7. The van der Waals surface area contributed by atoms with E-state index < -0.39 is 29.7 Å². The first-order valence-corrected chi connectivity index (χ1v) is 21.5. The van der Waals surface area contributed by atoms with Crippen LogP contribution in [0.2, 0.25) is 5.02 Å². The maximum Gasteiger partial charge on any atom is 0.264 e. The number of nitrogens with zero attached hydrogens (tertiary/aromatic N) is 7. The van der Waals surface area contributed by atoms with Crippen LogP contribution in [0.15, 0.2) is 60.8 Å². The molecule has 0 bridgehead atoms. The monoisotopic (exact) mass is 841 g/mol. The molecule has 9 rings (SSSR count). The van der Waals surface area contributed by atoms with E-state index >= 15 is 0 Å². The number of amides is 4. The molecule has 2 N–H and O–H groups in total. The fraction of sp³-hybridized carbons (Fsp3) is 0.356. The Labute approximate surface area is 357 Å². The largest absolute Gasteiger partial charge is 0.384 e. The summed E-state index contributed by atoms with van der Waals surface area (Å²) in [5.74, 6) is 6.90. The van der Waals surface area contributed by atoms with Gasteiger partial charge in [0, 0.05) is 42.0 Å². The van der Waals surface area contributed by atoms with Gasteiger partial charge < -0.3 is 5.32 Å². The summed E-state index contributed by atoms with van der Waals surface area (Å²) in [5, 5.41) is 16.5. The quantitative estimate of drug-likeness (QED) is 0.143. The molecule has 7 heterocycles. The van der Waals surface area contributed by atoms with E-state index in [0.29, 0.717) is 28.9 Å². The van der Waals surface area contributed by atoms with Gasteiger partial charge in [-0.1, -0.05) is 35.9 Å². The second-order valence-corrected chi connectivity index (χ2v) is 17.5. The minimum atomic E-state index is -0.991. The average Bonchev–Trinajstić information content (AvgIpc) is 3.85. The zero-order chi connectivity index (χ0) is 41.8. The number of benzene rings is 2. The zero-order valence-electron chi connectivity index (χ0n) is 33.8. The van der Waals surface area contributed by atoms with Crippen molar-refractivity contribution in [1.82, 2.24) is 39.8 Å². The number of nitrogens with one attached hydrogen (secondary N) is 2. The lowest BCUT2D eigenvalue weighted by molar-refractivity contribution is -0.136. The first-order valence-electron chi connectivity index (χ1n) is 20.3. The maximum atomic E-state index is 13.5. The van der Waals surface area contributed by atoms with Crippen molar-refractivity contribution in [3.05, 3.63) is 121 Å². The third kappa shape index (κ3) is 7.19. The average molecular weight is 842 g/mol. The molecule has 306 valence electrons. The van der Waals surface area contributed by atoms with E-state index in [0.717, 1.165) is 75.6 Å². The third-order valence-electron chi connectivity index (χ3n) is 12.4. The van der Waals surface area contributed by atoms with Gasteiger partial charge in [-0.3, -0.25) is 43.8 Å². The van der Waals surface area contributed by atoms with Gasteiger partial charge in [-0.05, 0) is 125 Å². The highest BCUT2D eigenvalue weighted by molar-refractivity contribution is 7.15. The van der Waals surface area contributed by atoms with Gasteiger partial charge in [0.15, 0.2) is 5.82 Å². The number of piperidine rings is 2. The first kappa shape index (κ1) is 39.7. The van der Waals surface area contributed by atoms with Crippen LogP contribution in [0.3, 0.4) is 0 Å². The minimum absolute atomic E-state index is 0.0253. The van der Waals surface area contributed by atoms with E-state index in [9.17, 15) is 19.2 Å². The Hall–Kier alpha value is -5.72. The molecule has 13 nitrogen and oxygen atoms in total. The molecule has 0 aliphatic carbocycles. The molecule has 0 radical (unpaired) electrons. The molecule has 2 saturated heterocycles. The van der Waals surface area contributed by atoms with Crippen molar-refractivity contribution in [3.63, 3.8) is 0 Å². The van der Waals surface area contributed by atoms with Crippen LogP contribution >= 0.6 is 22.9 Å². The fourth-order valence-corrected chi connectivity index (χ4v) is 10.3. The van der Waals surface area contributed by atoms with Crippen LogP contribution in [0.25, 0.3) is 5.00 Å². The van der Waals surface area contributed by atoms with Crippen molar-refractivity contribution in [2.24, 2.45) is 5.92 Å². The summed E-state index contributed by atoms with van der Waals surface area (Å²) < 4.78 is 2.18. The Kier molecular flexibility index (Phi) is 10.6. The number of aryl methyl sites for hydroxylation is 1. The Morgan fingerprint density at radius 3 is 2.47 bits per heavy atom. The number of fused-ring (bicyclic) bond motifs is 4. The highest BCUT2D eigenvalue weighted by atomic mass is 35.5. The van der Waals surface area contributed by atoms with E-state index in [-0.39, 0.29) is 36.1 Å². The molecule has 2 aromatic carbocycles. The summed E-state index contributed by atoms with van der Waals surface area (Å²) >= 11 is 7.97. The Balaban J connectivity index is 0.834. The summed E-state index contributed by atoms with van der Waals surface area (Å²) in [4.78, 5) is 62.4. The molecule has 15 heteroatoms. The smallest absolute Gasteiger partial charge is 0.264 e. The van der Waals surface area contributed by atoms with Gasteiger partial charge in [-0.2, -0.15) is 0 Å². The van der Waals surface area contributed by atoms with Gasteiger partial charge in [-0.25, -0.2) is 4.98 Å². The molecule has 60 heavy (non-hydrogen) atoms. The Morgan fingerprint density at radius 1 is 0.950 bits per heavy atom. The molecule has 2 unspecified atom stereocenters. The van der Waals surface area contributed by atoms with E-state index in [1.54, 1.807) is 29.5 Å². The van der Waals surface area contributed by atoms with Crippen molar-refractivity contribution in [3.8, 4) is 16.8 Å². The molecule has 3 aromatic heterocycles. The summed E-state index contributed by atoms with van der Waals surface area (Å²) in [6, 6.07) is 16.4. The Bertz CT molecular complexity index is 2600. The first-order chi connectivity index (χ1) is 29.0. The van der Waals surface area contributed by atoms with Gasteiger partial charge in [0.25, 0.3) is 11.8 Å². The number of hydrogen-bond acceptors (Lipinski definition) is 11. The molecule has 0 saturated carbocycles. The lowest BCUT2D eigenvalue weighted by atomic mass is 9.95. The van der Waals surface area contributed by atoms with Gasteiger partial charge in [0.1, 0.15) is 22.6 Å². The normalized spacial score (nSPS) is 20.9. The second-order valence-electron chi connectivity index (χ2n) is 16.1. The predicted molar refractivity (Wildman–Crippen MR) is 228 cm³/mol. The lowest BCUT2D eigenvalue weighted by Crippen LogP contribution is -2.54. The summed E-state index contributed by atoms with van der Waals surface area (Å²) in [6.45, 7) is 9.59. The van der Waals surface area contributed by atoms with Crippen molar-refractivity contribution < 1.29 is 19.2 Å². The molecular weight excluding hydrogens is 798 g/mol. The topological polar surface area (TPSA) is 146 Å². The number of likely N-dealkylation sites (tertiary alicyclic amines) is 1. The maximum absolute atomic E-state index is 13.5. The van der Waals surface area contributed by atoms with Gasteiger partial charge in [-0.15, -0.1) is 21.5 Å². The minimum Gasteiger partial charge on any atom is -0.384 e. The van der Waals surface area contributed by atoms with Crippen LogP contribution in [0.4, 0.5) is 5.69 Å². The fourth-order valence-electron chi connectivity index (χ4n) is 8.91. The van der Waals surface area contributed by atoms with E-state index in [4.69, 9.17) is 16.6 Å². The van der Waals surface area contributed by atoms with Crippen molar-refractivity contribution in [1.29, 1.82) is 0 Å². The van der Waals surface area contributed by atoms with Crippen LogP contribution in [0.5, 0.6) is 0 Å². The number of imide groups is 2. The standard InChI is InChI=1S/C45H44ClN9O4S/c1-25-36(60-45-38(25)40(30-9-11-31(46)12-10-30)52(4)26(2)41-51-50-27(3)54(41)45)16-14-32-13-8-29(23-47-32)24-53-20-18-28(19-21-53)22-48-34-7-5-6-33-39(34)44(59)55(43(33)58)35-15-17-37(56)49-42(35)57/h5-13,23,26,28,35,40,48H,15,17-22,24H2,1-4H3,(H,49,56,57)/t26-,35?,40?/m0/s1. The zero-order valence-corrected chi connectivity index (χ0v) is 35.4. The summed E-state index contributed by atoms with van der Waals surface area (Å²) in [7, 11) is 2.13. The number of carbonyl (C=O) groups excluding carboxylic acids is 4.